The Balaban J connectivity index is 3.07. The van der Waals surface area contributed by atoms with Gasteiger partial charge in [0.2, 0.25) is 0 Å². The maximum absolute atomic E-state index is 5.94. The van der Waals surface area contributed by atoms with Crippen LogP contribution in [0.3, 0.4) is 0 Å². The second-order valence-corrected chi connectivity index (χ2v) is 3.48. The van der Waals surface area contributed by atoms with Crippen LogP contribution in [0.1, 0.15) is 32.4 Å². The van der Waals surface area contributed by atoms with Gasteiger partial charge in [-0.05, 0) is 26.8 Å². The number of nitrogens with zero attached hydrogens (tertiary/aromatic N) is 2. The van der Waals surface area contributed by atoms with Crippen molar-refractivity contribution in [2.45, 2.75) is 26.8 Å². The van der Waals surface area contributed by atoms with Gasteiger partial charge in [0, 0.05) is 18.8 Å². The second-order valence-electron chi connectivity index (χ2n) is 3.48. The van der Waals surface area contributed by atoms with Gasteiger partial charge in [-0.15, -0.1) is 0 Å². The molecule has 4 N–H and O–H groups in total. The number of hydrogen-bond donors (Lipinski definition) is 2. The summed E-state index contributed by atoms with van der Waals surface area (Å²) in [7, 11) is 0. The Morgan fingerprint density at radius 2 is 2.21 bits per heavy atom. The lowest BCUT2D eigenvalue weighted by molar-refractivity contribution is 0.612. The van der Waals surface area contributed by atoms with Crippen LogP contribution in [-0.2, 0) is 0 Å². The van der Waals surface area contributed by atoms with Crippen LogP contribution < -0.4 is 11.5 Å². The number of nitrogens with two attached hydrogens (primary N) is 2. The van der Waals surface area contributed by atoms with Crippen molar-refractivity contribution in [3.63, 3.8) is 0 Å². The zero-order valence-corrected chi connectivity index (χ0v) is 8.99. The van der Waals surface area contributed by atoms with Gasteiger partial charge >= 0.3 is 0 Å². The van der Waals surface area contributed by atoms with Crippen molar-refractivity contribution in [3.8, 4) is 0 Å². The molecule has 0 amide bonds. The monoisotopic (exact) mass is 194 g/mol. The van der Waals surface area contributed by atoms with Crippen molar-refractivity contribution in [2.24, 2.45) is 10.7 Å². The molecule has 1 rings (SSSR count). The summed E-state index contributed by atoms with van der Waals surface area (Å²) in [4.78, 5) is 4.13. The van der Waals surface area contributed by atoms with Crippen molar-refractivity contribution in [1.29, 1.82) is 0 Å². The topological polar surface area (TPSA) is 69.3 Å². The molecule has 1 aromatic heterocycles. The molecule has 0 spiro atoms. The zero-order chi connectivity index (χ0) is 10.7. The first-order valence-electron chi connectivity index (χ1n) is 4.84. The fraction of sp³-hybridized carbons (Fsp3) is 0.500. The number of nitrogen functional groups attached to an aromatic ring is 1. The molecule has 4 heteroatoms. The summed E-state index contributed by atoms with van der Waals surface area (Å²) in [5.74, 6) is 1.21. The molecule has 0 aliphatic heterocycles. The standard InChI is InChI=1S/C10H18N4/c1-4-13-9(11)8-5-6-14(7(2)3)10(8)12/h5-7H,4,12H2,1-3H3,(H2,11,13). The van der Waals surface area contributed by atoms with Gasteiger partial charge in [-0.1, -0.05) is 0 Å². The third-order valence-corrected chi connectivity index (χ3v) is 2.12. The largest absolute Gasteiger partial charge is 0.384 e. The van der Waals surface area contributed by atoms with Gasteiger partial charge in [0.05, 0.1) is 5.56 Å². The third-order valence-electron chi connectivity index (χ3n) is 2.12. The Labute approximate surface area is 84.6 Å². The molecule has 4 nitrogen and oxygen atoms in total. The lowest BCUT2D eigenvalue weighted by atomic mass is 10.3. The van der Waals surface area contributed by atoms with Crippen LogP contribution in [-0.4, -0.2) is 16.9 Å². The van der Waals surface area contributed by atoms with Crippen LogP contribution in [0.4, 0.5) is 5.82 Å². The van der Waals surface area contributed by atoms with Crippen LogP contribution in [0.5, 0.6) is 0 Å². The Morgan fingerprint density at radius 1 is 1.57 bits per heavy atom. The summed E-state index contributed by atoms with van der Waals surface area (Å²) in [5.41, 5.74) is 12.5. The molecule has 0 bridgehead atoms. The van der Waals surface area contributed by atoms with Crippen molar-refractivity contribution in [2.75, 3.05) is 12.3 Å². The zero-order valence-electron chi connectivity index (χ0n) is 8.99. The number of amidine groups is 1. The van der Waals surface area contributed by atoms with Crippen LogP contribution in [0.25, 0.3) is 0 Å². The average molecular weight is 194 g/mol. The van der Waals surface area contributed by atoms with Gasteiger partial charge in [0.25, 0.3) is 0 Å². The Morgan fingerprint density at radius 3 is 2.64 bits per heavy atom. The molecule has 78 valence electrons. The van der Waals surface area contributed by atoms with Crippen molar-refractivity contribution in [3.05, 3.63) is 17.8 Å². The first kappa shape index (κ1) is 10.6. The van der Waals surface area contributed by atoms with Crippen LogP contribution in [0.2, 0.25) is 0 Å². The second kappa shape index (κ2) is 4.17. The molecule has 1 aromatic rings. The number of hydrogen-bond acceptors (Lipinski definition) is 2. The minimum atomic E-state index is 0.346. The minimum absolute atomic E-state index is 0.346. The molecule has 0 saturated carbocycles. The fourth-order valence-electron chi connectivity index (χ4n) is 1.38. The lowest BCUT2D eigenvalue weighted by Crippen LogP contribution is -2.16. The van der Waals surface area contributed by atoms with Crippen LogP contribution >= 0.6 is 0 Å². The van der Waals surface area contributed by atoms with E-state index in [-0.39, 0.29) is 0 Å². The van der Waals surface area contributed by atoms with E-state index < -0.39 is 0 Å². The van der Waals surface area contributed by atoms with E-state index >= 15 is 0 Å². The van der Waals surface area contributed by atoms with Crippen LogP contribution in [0.15, 0.2) is 17.3 Å². The molecule has 0 atom stereocenters. The van der Waals surface area contributed by atoms with E-state index in [4.69, 9.17) is 11.5 Å². The maximum atomic E-state index is 5.94. The van der Waals surface area contributed by atoms with Crippen molar-refractivity contribution < 1.29 is 0 Å². The molecule has 0 aliphatic carbocycles. The number of aromatic nitrogens is 1. The van der Waals surface area contributed by atoms with Crippen LogP contribution in [0, 0.1) is 0 Å². The van der Waals surface area contributed by atoms with Gasteiger partial charge in [-0.3, -0.25) is 4.99 Å². The maximum Gasteiger partial charge on any atom is 0.129 e. The van der Waals surface area contributed by atoms with E-state index in [9.17, 15) is 0 Å². The molecule has 0 radical (unpaired) electrons. The summed E-state index contributed by atoms with van der Waals surface area (Å²) < 4.78 is 1.98. The molecule has 14 heavy (non-hydrogen) atoms. The molecular formula is C10H18N4. The molecule has 0 saturated heterocycles. The SMILES string of the molecule is CCN=C(N)c1ccn(C(C)C)c1N. The first-order valence-corrected chi connectivity index (χ1v) is 4.84. The summed E-state index contributed by atoms with van der Waals surface area (Å²) >= 11 is 0. The summed E-state index contributed by atoms with van der Waals surface area (Å²) in [6.07, 6.45) is 1.94. The first-order chi connectivity index (χ1) is 6.57. The highest BCUT2D eigenvalue weighted by Gasteiger charge is 2.10. The minimum Gasteiger partial charge on any atom is -0.384 e. The van der Waals surface area contributed by atoms with Crippen molar-refractivity contribution >= 4 is 11.7 Å². The molecule has 0 aliphatic rings. The smallest absolute Gasteiger partial charge is 0.129 e. The summed E-state index contributed by atoms with van der Waals surface area (Å²) in [5, 5.41) is 0. The Bertz CT molecular complexity index is 336. The molecule has 1 heterocycles. The molecule has 0 fully saturated rings. The fourth-order valence-corrected chi connectivity index (χ4v) is 1.38. The third kappa shape index (κ3) is 1.89. The van der Waals surface area contributed by atoms with Gasteiger partial charge in [-0.2, -0.15) is 0 Å². The summed E-state index contributed by atoms with van der Waals surface area (Å²) in [6.45, 7) is 6.78. The molecule has 0 aromatic carbocycles. The van der Waals surface area contributed by atoms with E-state index in [0.29, 0.717) is 24.2 Å². The normalized spacial score (nSPS) is 12.4. The van der Waals surface area contributed by atoms with E-state index in [1.54, 1.807) is 0 Å². The Hall–Kier alpha value is -1.45. The summed E-state index contributed by atoms with van der Waals surface area (Å²) in [6, 6.07) is 2.25. The number of rotatable bonds is 3. The number of anilines is 1. The number of aliphatic imine (C=N–C) groups is 1. The molecule has 0 unspecified atom stereocenters. The lowest BCUT2D eigenvalue weighted by Gasteiger charge is -2.10. The van der Waals surface area contributed by atoms with Gasteiger partial charge in [0.1, 0.15) is 11.7 Å². The predicted molar refractivity (Wildman–Crippen MR) is 60.5 cm³/mol. The highest BCUT2D eigenvalue weighted by Crippen LogP contribution is 2.18. The van der Waals surface area contributed by atoms with E-state index in [0.717, 1.165) is 5.56 Å². The quantitative estimate of drug-likeness (QED) is 0.563. The van der Waals surface area contributed by atoms with Gasteiger partial charge < -0.3 is 16.0 Å². The molecular weight excluding hydrogens is 176 g/mol. The van der Waals surface area contributed by atoms with Crippen molar-refractivity contribution in [1.82, 2.24) is 4.57 Å². The predicted octanol–water partition coefficient (Wildman–Crippen LogP) is 1.38. The van der Waals surface area contributed by atoms with Gasteiger partial charge in [-0.25, -0.2) is 0 Å². The van der Waals surface area contributed by atoms with E-state index in [1.165, 1.54) is 0 Å². The highest BCUT2D eigenvalue weighted by atomic mass is 15.1. The van der Waals surface area contributed by atoms with E-state index in [2.05, 4.69) is 18.8 Å². The highest BCUT2D eigenvalue weighted by molar-refractivity contribution is 6.01. The van der Waals surface area contributed by atoms with Gasteiger partial charge in [0.15, 0.2) is 0 Å². The Kier molecular flexibility index (Phi) is 3.17. The average Bonchev–Trinajstić information content (AvgIpc) is 2.47. The van der Waals surface area contributed by atoms with E-state index in [1.807, 2.05) is 23.8 Å².